The summed E-state index contributed by atoms with van der Waals surface area (Å²) in [5.41, 5.74) is 2.80. The first-order valence-electron chi connectivity index (χ1n) is 9.89. The van der Waals surface area contributed by atoms with Crippen LogP contribution in [0, 0.1) is 0 Å². The van der Waals surface area contributed by atoms with Gasteiger partial charge in [-0.05, 0) is 41.1 Å². The van der Waals surface area contributed by atoms with E-state index in [0.717, 1.165) is 19.5 Å². The van der Waals surface area contributed by atoms with Crippen LogP contribution in [0.4, 0.5) is 0 Å². The van der Waals surface area contributed by atoms with Crippen molar-refractivity contribution >= 4 is 17.2 Å². The third-order valence-corrected chi connectivity index (χ3v) is 6.47. The Morgan fingerprint density at radius 2 is 2.07 bits per heavy atom. The van der Waals surface area contributed by atoms with Crippen LogP contribution in [0.3, 0.4) is 0 Å². The first kappa shape index (κ1) is 18.8. The lowest BCUT2D eigenvalue weighted by Crippen LogP contribution is -2.40. The van der Waals surface area contributed by atoms with E-state index >= 15 is 0 Å². The second-order valence-corrected chi connectivity index (χ2v) is 8.23. The molecular formula is C23H21N3O3S. The van der Waals surface area contributed by atoms with E-state index in [0.29, 0.717) is 18.1 Å². The molecule has 3 aromatic heterocycles. The van der Waals surface area contributed by atoms with Crippen LogP contribution >= 0.6 is 11.3 Å². The summed E-state index contributed by atoms with van der Waals surface area (Å²) in [7, 11) is 0. The van der Waals surface area contributed by atoms with E-state index in [-0.39, 0.29) is 17.6 Å². The number of carbonyl (C=O) groups excluding carboxylic acids is 1. The Kier molecular flexibility index (Phi) is 5.21. The van der Waals surface area contributed by atoms with Crippen LogP contribution in [0.25, 0.3) is 11.5 Å². The van der Waals surface area contributed by atoms with Gasteiger partial charge in [0.05, 0.1) is 12.3 Å². The molecule has 1 unspecified atom stereocenters. The molecule has 0 saturated heterocycles. The molecule has 30 heavy (non-hydrogen) atoms. The van der Waals surface area contributed by atoms with E-state index in [1.807, 2.05) is 29.5 Å². The van der Waals surface area contributed by atoms with Crippen molar-refractivity contribution < 1.29 is 13.6 Å². The summed E-state index contributed by atoms with van der Waals surface area (Å²) in [5.74, 6) is 0.553. The van der Waals surface area contributed by atoms with Crippen molar-refractivity contribution in [1.29, 1.82) is 0 Å². The fourth-order valence-electron chi connectivity index (χ4n) is 3.93. The van der Waals surface area contributed by atoms with Crippen molar-refractivity contribution in [3.63, 3.8) is 0 Å². The summed E-state index contributed by atoms with van der Waals surface area (Å²) >= 11 is 1.83. The predicted molar refractivity (Wildman–Crippen MR) is 114 cm³/mol. The Morgan fingerprint density at radius 3 is 2.90 bits per heavy atom. The third-order valence-electron chi connectivity index (χ3n) is 5.45. The molecule has 0 saturated carbocycles. The van der Waals surface area contributed by atoms with Gasteiger partial charge in [-0.3, -0.25) is 9.69 Å². The molecule has 0 radical (unpaired) electrons. The zero-order valence-electron chi connectivity index (χ0n) is 16.3. The maximum atomic E-state index is 12.9. The smallest absolute Gasteiger partial charge is 0.274 e. The number of fused-ring (bicyclic) bond motifs is 1. The molecule has 1 aromatic carbocycles. The molecule has 1 amide bonds. The summed E-state index contributed by atoms with van der Waals surface area (Å²) in [6.45, 7) is 2.33. The minimum absolute atomic E-state index is 0.0714. The van der Waals surface area contributed by atoms with Gasteiger partial charge in [0.1, 0.15) is 0 Å². The van der Waals surface area contributed by atoms with E-state index in [1.54, 1.807) is 18.4 Å². The van der Waals surface area contributed by atoms with Crippen LogP contribution in [0.5, 0.6) is 0 Å². The monoisotopic (exact) mass is 419 g/mol. The molecule has 4 heterocycles. The van der Waals surface area contributed by atoms with Crippen molar-refractivity contribution in [3.8, 4) is 11.5 Å². The summed E-state index contributed by atoms with van der Waals surface area (Å²) in [6, 6.07) is 16.1. The van der Waals surface area contributed by atoms with Gasteiger partial charge in [0.15, 0.2) is 17.8 Å². The summed E-state index contributed by atoms with van der Waals surface area (Å²) in [4.78, 5) is 20.9. The Morgan fingerprint density at radius 1 is 1.17 bits per heavy atom. The molecule has 4 aromatic rings. The molecule has 1 aliphatic heterocycles. The molecule has 7 heteroatoms. The normalized spacial score (nSPS) is 14.9. The standard InChI is InChI=1S/C23H21N3O3S/c27-23(21-22(29-15-25-21)19-7-4-11-28-19)24-13-18(16-5-2-1-3-6-16)26-10-8-20-17(14-26)9-12-30-20/h1-7,9,11-12,15,18H,8,10,13-14H2,(H,24,27). The number of oxazole rings is 1. The van der Waals surface area contributed by atoms with Gasteiger partial charge < -0.3 is 14.2 Å². The van der Waals surface area contributed by atoms with E-state index in [4.69, 9.17) is 8.83 Å². The largest absolute Gasteiger partial charge is 0.461 e. The van der Waals surface area contributed by atoms with Gasteiger partial charge in [-0.15, -0.1) is 11.3 Å². The average Bonchev–Trinajstić information content (AvgIpc) is 3.55. The maximum absolute atomic E-state index is 12.9. The van der Waals surface area contributed by atoms with Crippen LogP contribution in [-0.4, -0.2) is 28.9 Å². The van der Waals surface area contributed by atoms with Crippen molar-refractivity contribution in [1.82, 2.24) is 15.2 Å². The first-order chi connectivity index (χ1) is 14.8. The number of benzene rings is 1. The summed E-state index contributed by atoms with van der Waals surface area (Å²) < 4.78 is 10.8. The van der Waals surface area contributed by atoms with Crippen molar-refractivity contribution in [2.45, 2.75) is 19.0 Å². The fourth-order valence-corrected chi connectivity index (χ4v) is 4.82. The molecule has 6 nitrogen and oxygen atoms in total. The first-order valence-corrected chi connectivity index (χ1v) is 10.8. The number of nitrogens with zero attached hydrogens (tertiary/aromatic N) is 2. The van der Waals surface area contributed by atoms with Crippen LogP contribution in [0.1, 0.15) is 32.5 Å². The van der Waals surface area contributed by atoms with Gasteiger partial charge in [-0.1, -0.05) is 30.3 Å². The van der Waals surface area contributed by atoms with Crippen LogP contribution < -0.4 is 5.32 Å². The molecule has 0 fully saturated rings. The van der Waals surface area contributed by atoms with Crippen LogP contribution in [0.2, 0.25) is 0 Å². The molecule has 1 N–H and O–H groups in total. The zero-order chi connectivity index (χ0) is 20.3. The molecule has 152 valence electrons. The van der Waals surface area contributed by atoms with Gasteiger partial charge in [-0.2, -0.15) is 0 Å². The lowest BCUT2D eigenvalue weighted by molar-refractivity contribution is 0.0923. The highest BCUT2D eigenvalue weighted by atomic mass is 32.1. The van der Waals surface area contributed by atoms with E-state index in [2.05, 4.69) is 38.8 Å². The number of amides is 1. The van der Waals surface area contributed by atoms with Gasteiger partial charge in [0.25, 0.3) is 5.91 Å². The summed E-state index contributed by atoms with van der Waals surface area (Å²) in [6.07, 6.45) is 3.85. The van der Waals surface area contributed by atoms with E-state index < -0.39 is 0 Å². The van der Waals surface area contributed by atoms with Crippen molar-refractivity contribution in [3.05, 3.63) is 88.3 Å². The van der Waals surface area contributed by atoms with Gasteiger partial charge in [0, 0.05) is 24.5 Å². The van der Waals surface area contributed by atoms with E-state index in [1.165, 1.54) is 22.4 Å². The highest BCUT2D eigenvalue weighted by Crippen LogP contribution is 2.30. The molecule has 1 atom stereocenters. The average molecular weight is 420 g/mol. The lowest BCUT2D eigenvalue weighted by Gasteiger charge is -2.35. The van der Waals surface area contributed by atoms with Crippen molar-refractivity contribution in [2.24, 2.45) is 0 Å². The lowest BCUT2D eigenvalue weighted by atomic mass is 10.0. The molecule has 1 aliphatic rings. The number of thiophene rings is 1. The SMILES string of the molecule is O=C(NCC(c1ccccc1)N1CCc2sccc2C1)c1ncoc1-c1ccco1. The molecule has 0 spiro atoms. The molecule has 0 bridgehead atoms. The molecule has 0 aliphatic carbocycles. The number of hydrogen-bond acceptors (Lipinski definition) is 6. The van der Waals surface area contributed by atoms with Crippen molar-refractivity contribution in [2.75, 3.05) is 13.1 Å². The summed E-state index contributed by atoms with van der Waals surface area (Å²) in [5, 5.41) is 5.22. The Hall–Kier alpha value is -3.16. The number of hydrogen-bond donors (Lipinski definition) is 1. The second kappa shape index (κ2) is 8.30. The fraction of sp³-hybridized carbons (Fsp3) is 0.217. The quantitative estimate of drug-likeness (QED) is 0.497. The van der Waals surface area contributed by atoms with Gasteiger partial charge in [0.2, 0.25) is 5.76 Å². The predicted octanol–water partition coefficient (Wildman–Crippen LogP) is 4.53. The number of furan rings is 1. The Balaban J connectivity index is 1.35. The minimum Gasteiger partial charge on any atom is -0.461 e. The number of nitrogens with one attached hydrogen (secondary N) is 1. The highest BCUT2D eigenvalue weighted by Gasteiger charge is 2.27. The number of rotatable bonds is 6. The van der Waals surface area contributed by atoms with E-state index in [9.17, 15) is 4.79 Å². The topological polar surface area (TPSA) is 71.5 Å². The number of carbonyl (C=O) groups is 1. The Labute approximate surface area is 178 Å². The van der Waals surface area contributed by atoms with Gasteiger partial charge >= 0.3 is 0 Å². The third kappa shape index (κ3) is 3.69. The molecular weight excluding hydrogens is 398 g/mol. The zero-order valence-corrected chi connectivity index (χ0v) is 17.1. The maximum Gasteiger partial charge on any atom is 0.274 e. The minimum atomic E-state index is -0.274. The van der Waals surface area contributed by atoms with Crippen LogP contribution in [0.15, 0.2) is 75.4 Å². The second-order valence-electron chi connectivity index (χ2n) is 7.23. The van der Waals surface area contributed by atoms with Crippen LogP contribution in [-0.2, 0) is 13.0 Å². The van der Waals surface area contributed by atoms with Gasteiger partial charge in [-0.25, -0.2) is 4.98 Å². The Bertz CT molecular complexity index is 1120. The highest BCUT2D eigenvalue weighted by molar-refractivity contribution is 7.10. The number of aromatic nitrogens is 1. The molecule has 5 rings (SSSR count).